The molecule has 0 saturated carbocycles. The van der Waals surface area contributed by atoms with Crippen LogP contribution in [0.25, 0.3) is 0 Å². The molecule has 0 aliphatic heterocycles. The Hall–Kier alpha value is -1.53. The maximum absolute atomic E-state index is 8.56. The third kappa shape index (κ3) is 5.63. The first-order valence-corrected chi connectivity index (χ1v) is 7.45. The van der Waals surface area contributed by atoms with E-state index in [1.807, 2.05) is 12.1 Å². The predicted octanol–water partition coefficient (Wildman–Crippen LogP) is 3.64. The molecule has 0 bridgehead atoms. The van der Waals surface area contributed by atoms with Crippen molar-refractivity contribution in [2.24, 2.45) is 0 Å². The number of hydrogen-bond acceptors (Lipinski definition) is 3. The van der Waals surface area contributed by atoms with Gasteiger partial charge in [0.2, 0.25) is 0 Å². The van der Waals surface area contributed by atoms with E-state index < -0.39 is 0 Å². The van der Waals surface area contributed by atoms with Crippen LogP contribution in [0.4, 0.5) is 0 Å². The molecule has 1 rings (SSSR count). The highest BCUT2D eigenvalue weighted by atomic mass is 16.5. The van der Waals surface area contributed by atoms with Gasteiger partial charge < -0.3 is 9.64 Å². The summed E-state index contributed by atoms with van der Waals surface area (Å²) < 4.78 is 5.18. The monoisotopic (exact) mass is 274 g/mol. The van der Waals surface area contributed by atoms with Gasteiger partial charge in [0.1, 0.15) is 5.75 Å². The number of likely N-dealkylation sites (N-methyl/N-ethyl adjacent to an activating group) is 1. The van der Waals surface area contributed by atoms with E-state index in [1.54, 1.807) is 7.11 Å². The third-order valence-corrected chi connectivity index (χ3v) is 3.70. The van der Waals surface area contributed by atoms with Gasteiger partial charge in [-0.3, -0.25) is 0 Å². The van der Waals surface area contributed by atoms with Gasteiger partial charge in [0.15, 0.2) is 0 Å². The van der Waals surface area contributed by atoms with Crippen molar-refractivity contribution < 1.29 is 4.74 Å². The molecular formula is C17H26N2O. The van der Waals surface area contributed by atoms with Crippen molar-refractivity contribution in [3.8, 4) is 11.8 Å². The summed E-state index contributed by atoms with van der Waals surface area (Å²) in [7, 11) is 1.69. The van der Waals surface area contributed by atoms with Crippen LogP contribution in [0.3, 0.4) is 0 Å². The van der Waals surface area contributed by atoms with E-state index in [4.69, 9.17) is 10.00 Å². The molecule has 0 aliphatic rings. The lowest BCUT2D eigenvalue weighted by Gasteiger charge is -2.28. The van der Waals surface area contributed by atoms with E-state index in [0.717, 1.165) is 38.1 Å². The second-order valence-electron chi connectivity index (χ2n) is 5.15. The number of ether oxygens (including phenoxy) is 1. The second-order valence-corrected chi connectivity index (χ2v) is 5.15. The molecule has 3 heteroatoms. The van der Waals surface area contributed by atoms with E-state index >= 15 is 0 Å². The molecule has 1 atom stereocenters. The van der Waals surface area contributed by atoms with Crippen LogP contribution >= 0.6 is 0 Å². The molecule has 1 unspecified atom stereocenters. The molecule has 0 aliphatic carbocycles. The molecule has 0 heterocycles. The van der Waals surface area contributed by atoms with Crippen LogP contribution in [-0.2, 0) is 6.42 Å². The van der Waals surface area contributed by atoms with E-state index in [9.17, 15) is 0 Å². The van der Waals surface area contributed by atoms with Crippen molar-refractivity contribution in [2.75, 3.05) is 20.2 Å². The fraction of sp³-hybridized carbons (Fsp3) is 0.588. The largest absolute Gasteiger partial charge is 0.497 e. The Morgan fingerprint density at radius 1 is 1.25 bits per heavy atom. The normalized spacial score (nSPS) is 12.2. The topological polar surface area (TPSA) is 36.3 Å². The van der Waals surface area contributed by atoms with Gasteiger partial charge >= 0.3 is 0 Å². The minimum Gasteiger partial charge on any atom is -0.497 e. The Kier molecular flexibility index (Phi) is 7.75. The highest BCUT2D eigenvalue weighted by molar-refractivity contribution is 5.27. The summed E-state index contributed by atoms with van der Waals surface area (Å²) in [6.07, 6.45) is 3.83. The summed E-state index contributed by atoms with van der Waals surface area (Å²) >= 11 is 0. The van der Waals surface area contributed by atoms with Gasteiger partial charge in [-0.25, -0.2) is 0 Å². The molecular weight excluding hydrogens is 248 g/mol. The zero-order valence-corrected chi connectivity index (χ0v) is 12.9. The maximum atomic E-state index is 8.56. The van der Waals surface area contributed by atoms with Gasteiger partial charge in [-0.05, 0) is 57.0 Å². The Labute approximate surface area is 123 Å². The van der Waals surface area contributed by atoms with Crippen molar-refractivity contribution in [2.45, 2.75) is 45.6 Å². The lowest BCUT2D eigenvalue weighted by molar-refractivity contribution is 0.214. The van der Waals surface area contributed by atoms with Crippen LogP contribution < -0.4 is 4.74 Å². The summed E-state index contributed by atoms with van der Waals surface area (Å²) in [4.78, 5) is 2.49. The second kappa shape index (κ2) is 9.39. The van der Waals surface area contributed by atoms with E-state index in [1.165, 1.54) is 5.56 Å². The lowest BCUT2D eigenvalue weighted by atomic mass is 10.1. The zero-order valence-electron chi connectivity index (χ0n) is 12.9. The van der Waals surface area contributed by atoms with Crippen LogP contribution in [0, 0.1) is 11.3 Å². The minimum absolute atomic E-state index is 0.524. The van der Waals surface area contributed by atoms with Crippen LogP contribution in [0.15, 0.2) is 24.3 Å². The van der Waals surface area contributed by atoms with E-state index in [0.29, 0.717) is 12.5 Å². The first kappa shape index (κ1) is 16.5. The summed E-state index contributed by atoms with van der Waals surface area (Å²) in [5.41, 5.74) is 1.34. The fourth-order valence-electron chi connectivity index (χ4n) is 2.44. The quantitative estimate of drug-likeness (QED) is 0.645. The molecule has 110 valence electrons. The molecule has 0 radical (unpaired) electrons. The first-order chi connectivity index (χ1) is 9.71. The highest BCUT2D eigenvalue weighted by Crippen LogP contribution is 2.15. The number of hydrogen-bond donors (Lipinski definition) is 0. The molecule has 3 nitrogen and oxygen atoms in total. The van der Waals surface area contributed by atoms with Gasteiger partial charge in [0.25, 0.3) is 0 Å². The average molecular weight is 274 g/mol. The van der Waals surface area contributed by atoms with Gasteiger partial charge in [0.05, 0.1) is 13.2 Å². The maximum Gasteiger partial charge on any atom is 0.118 e. The minimum atomic E-state index is 0.524. The molecule has 0 saturated heterocycles. The Morgan fingerprint density at radius 2 is 1.95 bits per heavy atom. The van der Waals surface area contributed by atoms with Gasteiger partial charge in [0, 0.05) is 12.5 Å². The van der Waals surface area contributed by atoms with Crippen molar-refractivity contribution in [1.29, 1.82) is 5.26 Å². The zero-order chi connectivity index (χ0) is 14.8. The first-order valence-electron chi connectivity index (χ1n) is 7.45. The summed E-state index contributed by atoms with van der Waals surface area (Å²) in [6.45, 7) is 6.62. The highest BCUT2D eigenvalue weighted by Gasteiger charge is 2.12. The van der Waals surface area contributed by atoms with Crippen LogP contribution in [0.5, 0.6) is 5.75 Å². The number of nitrogens with zero attached hydrogens (tertiary/aromatic N) is 2. The standard InChI is InChI=1S/C17H26N2O/c1-4-19(13-7-5-6-12-18)15(2)14-16-8-10-17(20-3)11-9-16/h8-11,15H,4-7,13-14H2,1-3H3. The summed E-state index contributed by atoms with van der Waals surface area (Å²) in [6, 6.07) is 11.0. The van der Waals surface area contributed by atoms with Gasteiger partial charge in [-0.15, -0.1) is 0 Å². The predicted molar refractivity (Wildman–Crippen MR) is 82.9 cm³/mol. The van der Waals surface area contributed by atoms with Gasteiger partial charge in [-0.1, -0.05) is 19.1 Å². The fourth-order valence-corrected chi connectivity index (χ4v) is 2.44. The Morgan fingerprint density at radius 3 is 2.50 bits per heavy atom. The smallest absolute Gasteiger partial charge is 0.118 e. The van der Waals surface area contributed by atoms with E-state index in [-0.39, 0.29) is 0 Å². The van der Waals surface area contributed by atoms with E-state index in [2.05, 4.69) is 36.9 Å². The van der Waals surface area contributed by atoms with Gasteiger partial charge in [-0.2, -0.15) is 5.26 Å². The van der Waals surface area contributed by atoms with Crippen LogP contribution in [-0.4, -0.2) is 31.1 Å². The third-order valence-electron chi connectivity index (χ3n) is 3.70. The molecule has 0 amide bonds. The molecule has 1 aromatic rings. The number of unbranched alkanes of at least 4 members (excludes halogenated alkanes) is 2. The molecule has 20 heavy (non-hydrogen) atoms. The SMILES string of the molecule is CCN(CCCCC#N)C(C)Cc1ccc(OC)cc1. The van der Waals surface area contributed by atoms with Crippen LogP contribution in [0.2, 0.25) is 0 Å². The van der Waals surface area contributed by atoms with Crippen molar-refractivity contribution in [3.05, 3.63) is 29.8 Å². The van der Waals surface area contributed by atoms with Crippen molar-refractivity contribution in [3.63, 3.8) is 0 Å². The van der Waals surface area contributed by atoms with Crippen molar-refractivity contribution in [1.82, 2.24) is 4.90 Å². The van der Waals surface area contributed by atoms with Crippen molar-refractivity contribution >= 4 is 0 Å². The van der Waals surface area contributed by atoms with Crippen LogP contribution in [0.1, 0.15) is 38.7 Å². The molecule has 1 aromatic carbocycles. The number of nitriles is 1. The Balaban J connectivity index is 2.44. The number of methoxy groups -OCH3 is 1. The molecule has 0 fully saturated rings. The molecule has 0 spiro atoms. The summed E-state index contributed by atoms with van der Waals surface area (Å²) in [5.74, 6) is 0.908. The number of benzene rings is 1. The Bertz CT molecular complexity index is 408. The molecule has 0 aromatic heterocycles. The lowest BCUT2D eigenvalue weighted by Crippen LogP contribution is -2.35. The molecule has 0 N–H and O–H groups in total. The number of rotatable bonds is 9. The summed E-state index contributed by atoms with van der Waals surface area (Å²) in [5, 5.41) is 8.56. The average Bonchev–Trinajstić information content (AvgIpc) is 2.48.